The lowest BCUT2D eigenvalue weighted by molar-refractivity contribution is 0.0126. The van der Waals surface area contributed by atoms with E-state index >= 15 is 0 Å². The van der Waals surface area contributed by atoms with Crippen molar-refractivity contribution in [2.24, 2.45) is 16.7 Å². The van der Waals surface area contributed by atoms with Crippen LogP contribution >= 0.6 is 0 Å². The Labute approximate surface area is 118 Å². The molecule has 0 radical (unpaired) electrons. The third-order valence-electron chi connectivity index (χ3n) is 5.97. The zero-order chi connectivity index (χ0) is 14.3. The second-order valence-electron chi connectivity index (χ2n) is 7.28. The summed E-state index contributed by atoms with van der Waals surface area (Å²) in [4.78, 5) is 0. The second-order valence-corrected chi connectivity index (χ2v) is 7.28. The summed E-state index contributed by atoms with van der Waals surface area (Å²) in [6, 6.07) is 8.48. The normalized spacial score (nSPS) is 34.8. The van der Waals surface area contributed by atoms with Crippen molar-refractivity contribution >= 4 is 0 Å². The maximum Gasteiger partial charge on any atom is 0.0601 e. The molecule has 2 aliphatic rings. The molecule has 0 amide bonds. The van der Waals surface area contributed by atoms with Crippen LogP contribution in [-0.2, 0) is 0 Å². The van der Waals surface area contributed by atoms with Crippen LogP contribution in [0.15, 0.2) is 24.3 Å². The average molecular weight is 260 g/mol. The van der Waals surface area contributed by atoms with E-state index in [0.29, 0.717) is 5.41 Å². The van der Waals surface area contributed by atoms with E-state index in [4.69, 9.17) is 0 Å². The van der Waals surface area contributed by atoms with Crippen LogP contribution in [0.2, 0.25) is 0 Å². The minimum atomic E-state index is -0.0313. The van der Waals surface area contributed by atoms with Crippen molar-refractivity contribution in [1.82, 2.24) is 0 Å². The topological polar surface area (TPSA) is 20.2 Å². The molecule has 0 saturated heterocycles. The third-order valence-corrected chi connectivity index (χ3v) is 5.97. The lowest BCUT2D eigenvalue weighted by Gasteiger charge is -2.36. The molecular weight excluding hydrogens is 232 g/mol. The van der Waals surface area contributed by atoms with Gasteiger partial charge in [0.1, 0.15) is 0 Å². The molecule has 3 atom stereocenters. The SMILES string of the molecule is CC1(C)[C@@H]2CC[C@]1(C)[C@@H](O)C2.Cc1ccc(C)cc1. The van der Waals surface area contributed by atoms with E-state index in [0.717, 1.165) is 12.3 Å². The summed E-state index contributed by atoms with van der Waals surface area (Å²) < 4.78 is 0. The van der Waals surface area contributed by atoms with Crippen LogP contribution in [0.25, 0.3) is 0 Å². The van der Waals surface area contributed by atoms with Crippen molar-refractivity contribution in [2.45, 2.75) is 60.0 Å². The van der Waals surface area contributed by atoms with Crippen LogP contribution < -0.4 is 0 Å². The number of aliphatic hydroxyl groups excluding tert-OH is 1. The number of benzene rings is 1. The van der Waals surface area contributed by atoms with E-state index in [1.54, 1.807) is 0 Å². The number of rotatable bonds is 0. The molecule has 1 N–H and O–H groups in total. The fourth-order valence-corrected chi connectivity index (χ4v) is 3.80. The zero-order valence-corrected chi connectivity index (χ0v) is 13.0. The first-order chi connectivity index (χ1) is 8.77. The molecule has 0 heterocycles. The van der Waals surface area contributed by atoms with Gasteiger partial charge in [-0.15, -0.1) is 0 Å². The molecule has 1 aromatic rings. The molecule has 2 bridgehead atoms. The number of hydrogen-bond acceptors (Lipinski definition) is 1. The highest BCUT2D eigenvalue weighted by molar-refractivity contribution is 5.19. The van der Waals surface area contributed by atoms with Crippen molar-refractivity contribution in [1.29, 1.82) is 0 Å². The molecule has 2 saturated carbocycles. The Morgan fingerprint density at radius 1 is 1.00 bits per heavy atom. The first-order valence-electron chi connectivity index (χ1n) is 7.49. The van der Waals surface area contributed by atoms with E-state index in [9.17, 15) is 5.11 Å². The summed E-state index contributed by atoms with van der Waals surface area (Å²) in [5.74, 6) is 0.780. The molecule has 0 aliphatic heterocycles. The van der Waals surface area contributed by atoms with Gasteiger partial charge in [-0.05, 0) is 49.9 Å². The van der Waals surface area contributed by atoms with E-state index in [2.05, 4.69) is 58.9 Å². The van der Waals surface area contributed by atoms with Crippen molar-refractivity contribution in [3.05, 3.63) is 35.4 Å². The fraction of sp³-hybridized carbons (Fsp3) is 0.667. The maximum absolute atomic E-state index is 9.81. The van der Waals surface area contributed by atoms with Crippen LogP contribution in [0.4, 0.5) is 0 Å². The smallest absolute Gasteiger partial charge is 0.0601 e. The van der Waals surface area contributed by atoms with Gasteiger partial charge in [-0.25, -0.2) is 0 Å². The Balaban J connectivity index is 0.000000148. The first-order valence-corrected chi connectivity index (χ1v) is 7.49. The van der Waals surface area contributed by atoms with E-state index in [1.807, 2.05) is 0 Å². The van der Waals surface area contributed by atoms with Crippen LogP contribution in [0.3, 0.4) is 0 Å². The van der Waals surface area contributed by atoms with Gasteiger partial charge >= 0.3 is 0 Å². The Morgan fingerprint density at radius 3 is 1.68 bits per heavy atom. The largest absolute Gasteiger partial charge is 0.393 e. The molecule has 106 valence electrons. The molecule has 0 spiro atoms. The van der Waals surface area contributed by atoms with Crippen molar-refractivity contribution in [2.75, 3.05) is 0 Å². The summed E-state index contributed by atoms with van der Waals surface area (Å²) in [5.41, 5.74) is 3.26. The Bertz CT molecular complexity index is 411. The highest BCUT2D eigenvalue weighted by Gasteiger charge is 2.60. The molecule has 1 aromatic carbocycles. The van der Waals surface area contributed by atoms with Gasteiger partial charge in [0.15, 0.2) is 0 Å². The minimum absolute atomic E-state index is 0.0313. The second kappa shape index (κ2) is 4.94. The molecule has 3 rings (SSSR count). The van der Waals surface area contributed by atoms with Gasteiger partial charge in [-0.2, -0.15) is 0 Å². The van der Waals surface area contributed by atoms with Gasteiger partial charge in [0.05, 0.1) is 6.10 Å². The molecule has 1 heteroatoms. The maximum atomic E-state index is 9.81. The Hall–Kier alpha value is -0.820. The van der Waals surface area contributed by atoms with Gasteiger partial charge in [-0.1, -0.05) is 56.2 Å². The number of aliphatic hydroxyl groups is 1. The number of fused-ring (bicyclic) bond motifs is 2. The number of hydrogen-bond donors (Lipinski definition) is 1. The summed E-state index contributed by atoms with van der Waals surface area (Å²) in [5, 5.41) is 9.81. The third kappa shape index (κ3) is 2.45. The molecule has 2 aliphatic carbocycles. The van der Waals surface area contributed by atoms with Crippen molar-refractivity contribution in [3.63, 3.8) is 0 Å². The molecule has 2 fully saturated rings. The van der Waals surface area contributed by atoms with E-state index in [1.165, 1.54) is 24.0 Å². The summed E-state index contributed by atoms with van der Waals surface area (Å²) in [7, 11) is 0. The van der Waals surface area contributed by atoms with Crippen molar-refractivity contribution in [3.8, 4) is 0 Å². The highest BCUT2D eigenvalue weighted by Crippen LogP contribution is 2.65. The first kappa shape index (κ1) is 14.6. The summed E-state index contributed by atoms with van der Waals surface area (Å²) in [6.07, 6.45) is 3.58. The summed E-state index contributed by atoms with van der Waals surface area (Å²) >= 11 is 0. The lowest BCUT2D eigenvalue weighted by Crippen LogP contribution is -2.35. The predicted octanol–water partition coefficient (Wildman–Crippen LogP) is 4.50. The lowest BCUT2D eigenvalue weighted by atomic mass is 9.70. The highest BCUT2D eigenvalue weighted by atomic mass is 16.3. The Kier molecular flexibility index (Phi) is 3.79. The van der Waals surface area contributed by atoms with Crippen LogP contribution in [-0.4, -0.2) is 11.2 Å². The average Bonchev–Trinajstić information content (AvgIpc) is 2.67. The minimum Gasteiger partial charge on any atom is -0.393 e. The molecular formula is C18H28O. The van der Waals surface area contributed by atoms with E-state index in [-0.39, 0.29) is 11.5 Å². The zero-order valence-electron chi connectivity index (χ0n) is 13.0. The standard InChI is InChI=1S/C10H18O.C8H10/c1-9(2)7-4-5-10(9,3)8(11)6-7;1-7-3-5-8(2)6-4-7/h7-8,11H,4-6H2,1-3H3;3-6H,1-2H3/t7-,8+,10-;/m1./s1. The monoisotopic (exact) mass is 260 g/mol. The van der Waals surface area contributed by atoms with Gasteiger partial charge in [-0.3, -0.25) is 0 Å². The van der Waals surface area contributed by atoms with Crippen molar-refractivity contribution < 1.29 is 5.11 Å². The molecule has 0 aromatic heterocycles. The quantitative estimate of drug-likeness (QED) is 0.728. The van der Waals surface area contributed by atoms with Gasteiger partial charge in [0, 0.05) is 0 Å². The van der Waals surface area contributed by atoms with Gasteiger partial charge in [0.2, 0.25) is 0 Å². The van der Waals surface area contributed by atoms with Gasteiger partial charge < -0.3 is 5.11 Å². The van der Waals surface area contributed by atoms with Crippen LogP contribution in [0.5, 0.6) is 0 Å². The van der Waals surface area contributed by atoms with E-state index < -0.39 is 0 Å². The molecule has 0 unspecified atom stereocenters. The summed E-state index contributed by atoms with van der Waals surface area (Å²) in [6.45, 7) is 11.1. The molecule has 1 nitrogen and oxygen atoms in total. The predicted molar refractivity (Wildman–Crippen MR) is 81.2 cm³/mol. The molecule has 19 heavy (non-hydrogen) atoms. The Morgan fingerprint density at radius 2 is 1.47 bits per heavy atom. The van der Waals surface area contributed by atoms with Gasteiger partial charge in [0.25, 0.3) is 0 Å². The number of aryl methyl sites for hydroxylation is 2. The fourth-order valence-electron chi connectivity index (χ4n) is 3.80. The van der Waals surface area contributed by atoms with Crippen LogP contribution in [0.1, 0.15) is 51.2 Å². The van der Waals surface area contributed by atoms with Crippen LogP contribution in [0, 0.1) is 30.6 Å².